The van der Waals surface area contributed by atoms with Crippen LogP contribution in [0.15, 0.2) is 47.0 Å². The third-order valence-corrected chi connectivity index (χ3v) is 3.91. The van der Waals surface area contributed by atoms with Crippen molar-refractivity contribution < 1.29 is 4.42 Å². The normalized spacial score (nSPS) is 11.3. The Hall–Kier alpha value is -2.66. The van der Waals surface area contributed by atoms with Gasteiger partial charge in [-0.3, -0.25) is 4.40 Å². The number of hydrogen-bond donors (Lipinski definition) is 0. The van der Waals surface area contributed by atoms with E-state index in [1.54, 1.807) is 12.3 Å². The summed E-state index contributed by atoms with van der Waals surface area (Å²) in [5.41, 5.74) is 4.43. The predicted octanol–water partition coefficient (Wildman–Crippen LogP) is 4.32. The van der Waals surface area contributed by atoms with Gasteiger partial charge in [0.1, 0.15) is 11.3 Å². The summed E-state index contributed by atoms with van der Waals surface area (Å²) >= 11 is 6.09. The van der Waals surface area contributed by atoms with Gasteiger partial charge in [-0.05, 0) is 38.1 Å². The smallest absolute Gasteiger partial charge is 0.266 e. The molecule has 0 saturated carbocycles. The fraction of sp³-hybridized carbons (Fsp3) is 0.118. The van der Waals surface area contributed by atoms with E-state index in [2.05, 4.69) is 15.2 Å². The Labute approximate surface area is 137 Å². The Bertz CT molecular complexity index is 1000. The van der Waals surface area contributed by atoms with Crippen molar-refractivity contribution in [2.75, 3.05) is 0 Å². The molecule has 0 aliphatic heterocycles. The highest BCUT2D eigenvalue weighted by Crippen LogP contribution is 2.28. The third-order valence-electron chi connectivity index (χ3n) is 3.68. The molecule has 0 radical (unpaired) electrons. The third kappa shape index (κ3) is 2.39. The maximum Gasteiger partial charge on any atom is 0.266 e. The topological polar surface area (TPSA) is 56.2 Å². The van der Waals surface area contributed by atoms with E-state index in [9.17, 15) is 0 Å². The van der Waals surface area contributed by atoms with Crippen LogP contribution in [0.5, 0.6) is 0 Å². The number of nitrogens with zero attached hydrogens (tertiary/aromatic N) is 4. The van der Waals surface area contributed by atoms with Crippen LogP contribution in [0.1, 0.15) is 11.3 Å². The standard InChI is InChI=1S/C17H13ClN4O/c1-10-3-5-12(6-4-10)16-20-21-17(23-16)15-11(2)19-14-8-7-13(18)9-22(14)15/h3-9H,1-2H3. The highest BCUT2D eigenvalue weighted by Gasteiger charge is 2.18. The fourth-order valence-electron chi connectivity index (χ4n) is 2.53. The van der Waals surface area contributed by atoms with Crippen molar-refractivity contribution in [3.8, 4) is 23.0 Å². The van der Waals surface area contributed by atoms with E-state index in [0.29, 0.717) is 16.8 Å². The Kier molecular flexibility index (Phi) is 3.16. The van der Waals surface area contributed by atoms with Crippen LogP contribution < -0.4 is 0 Å². The van der Waals surface area contributed by atoms with Gasteiger partial charge in [-0.25, -0.2) is 4.98 Å². The van der Waals surface area contributed by atoms with Crippen LogP contribution in [0.4, 0.5) is 0 Å². The van der Waals surface area contributed by atoms with Crippen molar-refractivity contribution >= 4 is 17.2 Å². The maximum absolute atomic E-state index is 6.09. The number of aryl methyl sites for hydroxylation is 2. The molecule has 0 atom stereocenters. The van der Waals surface area contributed by atoms with Crippen LogP contribution in [0, 0.1) is 13.8 Å². The summed E-state index contributed by atoms with van der Waals surface area (Å²) in [4.78, 5) is 4.50. The van der Waals surface area contributed by atoms with Crippen molar-refractivity contribution in [3.63, 3.8) is 0 Å². The lowest BCUT2D eigenvalue weighted by molar-refractivity contribution is 0.581. The average Bonchev–Trinajstić information content (AvgIpc) is 3.11. The Morgan fingerprint density at radius 3 is 2.48 bits per heavy atom. The van der Waals surface area contributed by atoms with Crippen LogP contribution in [0.3, 0.4) is 0 Å². The number of halogens is 1. The second kappa shape index (κ2) is 5.21. The number of fused-ring (bicyclic) bond motifs is 1. The second-order valence-corrected chi connectivity index (χ2v) is 5.84. The number of aromatic nitrogens is 4. The largest absolute Gasteiger partial charge is 0.415 e. The molecule has 0 aliphatic carbocycles. The molecule has 0 spiro atoms. The van der Waals surface area contributed by atoms with Crippen LogP contribution in [0.2, 0.25) is 5.02 Å². The van der Waals surface area contributed by atoms with E-state index in [-0.39, 0.29) is 0 Å². The summed E-state index contributed by atoms with van der Waals surface area (Å²) in [5, 5.41) is 8.95. The molecule has 23 heavy (non-hydrogen) atoms. The van der Waals surface area contributed by atoms with E-state index in [4.69, 9.17) is 16.0 Å². The van der Waals surface area contributed by atoms with Crippen molar-refractivity contribution in [3.05, 3.63) is 58.9 Å². The summed E-state index contributed by atoms with van der Waals surface area (Å²) in [6.45, 7) is 3.94. The molecule has 0 bridgehead atoms. The minimum Gasteiger partial charge on any atom is -0.415 e. The van der Waals surface area contributed by atoms with Gasteiger partial charge in [0.05, 0.1) is 10.7 Å². The molecule has 4 rings (SSSR count). The molecule has 4 aromatic rings. The first-order chi connectivity index (χ1) is 11.1. The monoisotopic (exact) mass is 324 g/mol. The van der Waals surface area contributed by atoms with Gasteiger partial charge in [-0.2, -0.15) is 0 Å². The summed E-state index contributed by atoms with van der Waals surface area (Å²) in [5.74, 6) is 0.907. The molecule has 0 amide bonds. The Morgan fingerprint density at radius 1 is 0.957 bits per heavy atom. The predicted molar refractivity (Wildman–Crippen MR) is 88.4 cm³/mol. The molecule has 6 heteroatoms. The molecule has 0 aliphatic rings. The first kappa shape index (κ1) is 14.0. The number of benzene rings is 1. The van der Waals surface area contributed by atoms with Crippen LogP contribution in [-0.2, 0) is 0 Å². The summed E-state index contributed by atoms with van der Waals surface area (Å²) in [6, 6.07) is 11.6. The van der Waals surface area contributed by atoms with Crippen LogP contribution in [0.25, 0.3) is 28.7 Å². The lowest BCUT2D eigenvalue weighted by atomic mass is 10.1. The number of hydrogen-bond acceptors (Lipinski definition) is 4. The molecule has 5 nitrogen and oxygen atoms in total. The SMILES string of the molecule is Cc1ccc(-c2nnc(-c3c(C)nc4ccc(Cl)cn34)o2)cc1. The van der Waals surface area contributed by atoms with Gasteiger partial charge in [0.2, 0.25) is 5.89 Å². The van der Waals surface area contributed by atoms with Gasteiger partial charge < -0.3 is 4.42 Å². The maximum atomic E-state index is 6.09. The van der Waals surface area contributed by atoms with Crippen LogP contribution >= 0.6 is 11.6 Å². The molecule has 1 aromatic carbocycles. The van der Waals surface area contributed by atoms with E-state index >= 15 is 0 Å². The van der Waals surface area contributed by atoms with Gasteiger partial charge in [0.25, 0.3) is 5.89 Å². The molecule has 0 unspecified atom stereocenters. The molecular weight excluding hydrogens is 312 g/mol. The minimum atomic E-state index is 0.424. The van der Waals surface area contributed by atoms with Gasteiger partial charge in [0.15, 0.2) is 0 Å². The fourth-order valence-corrected chi connectivity index (χ4v) is 2.69. The van der Waals surface area contributed by atoms with E-state index in [1.165, 1.54) is 5.56 Å². The molecule has 0 fully saturated rings. The zero-order valence-corrected chi connectivity index (χ0v) is 13.4. The highest BCUT2D eigenvalue weighted by molar-refractivity contribution is 6.30. The first-order valence-electron chi connectivity index (χ1n) is 7.17. The molecular formula is C17H13ClN4O. The van der Waals surface area contributed by atoms with Crippen molar-refractivity contribution in [1.82, 2.24) is 19.6 Å². The second-order valence-electron chi connectivity index (χ2n) is 5.40. The van der Waals surface area contributed by atoms with Crippen molar-refractivity contribution in [1.29, 1.82) is 0 Å². The highest BCUT2D eigenvalue weighted by atomic mass is 35.5. The van der Waals surface area contributed by atoms with Gasteiger partial charge in [-0.1, -0.05) is 29.3 Å². The summed E-state index contributed by atoms with van der Waals surface area (Å²) in [6.07, 6.45) is 1.79. The lowest BCUT2D eigenvalue weighted by Gasteiger charge is -1.99. The lowest BCUT2D eigenvalue weighted by Crippen LogP contribution is -1.89. The van der Waals surface area contributed by atoms with E-state index < -0.39 is 0 Å². The molecule has 0 N–H and O–H groups in total. The van der Waals surface area contributed by atoms with E-state index in [0.717, 1.165) is 22.6 Å². The number of rotatable bonds is 2. The van der Waals surface area contributed by atoms with Crippen LogP contribution in [-0.4, -0.2) is 19.6 Å². The Balaban J connectivity index is 1.84. The first-order valence-corrected chi connectivity index (χ1v) is 7.55. The molecule has 3 aromatic heterocycles. The minimum absolute atomic E-state index is 0.424. The summed E-state index contributed by atoms with van der Waals surface area (Å²) < 4.78 is 7.72. The van der Waals surface area contributed by atoms with Gasteiger partial charge in [0, 0.05) is 11.8 Å². The zero-order chi connectivity index (χ0) is 16.0. The number of imidazole rings is 1. The summed E-state index contributed by atoms with van der Waals surface area (Å²) in [7, 11) is 0. The zero-order valence-electron chi connectivity index (χ0n) is 12.6. The molecule has 3 heterocycles. The number of pyridine rings is 1. The van der Waals surface area contributed by atoms with Gasteiger partial charge in [-0.15, -0.1) is 10.2 Å². The molecule has 0 saturated heterocycles. The quantitative estimate of drug-likeness (QED) is 0.551. The van der Waals surface area contributed by atoms with Gasteiger partial charge >= 0.3 is 0 Å². The van der Waals surface area contributed by atoms with Crippen molar-refractivity contribution in [2.45, 2.75) is 13.8 Å². The van der Waals surface area contributed by atoms with E-state index in [1.807, 2.05) is 48.6 Å². The van der Waals surface area contributed by atoms with Crippen molar-refractivity contribution in [2.24, 2.45) is 0 Å². The average molecular weight is 325 g/mol. The molecule has 114 valence electrons. The Morgan fingerprint density at radius 2 is 1.70 bits per heavy atom.